The molecule has 14 rings (SSSR count). The van der Waals surface area contributed by atoms with Crippen LogP contribution in [0.25, 0.3) is 44.1 Å². The summed E-state index contributed by atoms with van der Waals surface area (Å²) in [4.78, 5) is 25.3. The molecule has 472 valence electrons. The lowest BCUT2D eigenvalue weighted by Crippen LogP contribution is -2.40. The van der Waals surface area contributed by atoms with Crippen LogP contribution in [0.5, 0.6) is 11.5 Å². The van der Waals surface area contributed by atoms with Crippen LogP contribution in [0, 0.1) is 23.7 Å². The van der Waals surface area contributed by atoms with Gasteiger partial charge in [-0.25, -0.2) is 18.0 Å². The lowest BCUT2D eigenvalue weighted by molar-refractivity contribution is -0.275. The average Bonchev–Trinajstić information content (AvgIpc) is 1.52. The number of rotatable bonds is 18. The Morgan fingerprint density at radius 1 is 0.533 bits per heavy atom. The van der Waals surface area contributed by atoms with E-state index in [0.29, 0.717) is 63.8 Å². The van der Waals surface area contributed by atoms with E-state index < -0.39 is 33.8 Å². The topological polar surface area (TPSA) is 176 Å². The molecular weight excluding hydrogens is 1210 g/mol. The third-order valence-electron chi connectivity index (χ3n) is 18.6. The first-order valence-electron chi connectivity index (χ1n) is 30.3. The molecule has 4 unspecified atom stereocenters. The third-order valence-corrected chi connectivity index (χ3v) is 22.5. The first kappa shape index (κ1) is 61.5. The first-order valence-corrected chi connectivity index (χ1v) is 32.7. The standard InChI is InChI=1S/C34H32F3NO7S.C34H32F3NO5S/c1-42-33(39)24-11-8-21-17-26(13-12-20(21)14-24)46(40,41)32-22-9-10-23(32)16-25(15-22)43-18-28-30(38-45-31(28)19-6-7-19)27-4-2-3-5-29(27)44-34(35,36)37;1-40-33(39)24-11-8-21-17-26(13-12-20(21)14-24)44-32-22-9-10-23(32)16-25(15-22)41-18-28-30(38-43-31(28)19-6-7-19)27-4-2-3-5-29(27)42-34(35,36)37/h2-5,8,11-14,17,19,22-23,25,32H,6-7,9-10,15-16,18H2,1H3;2-5,8,11-14,17,19,22-23,25,32H,6-7,9-10,15-16,18H2,1H3. The summed E-state index contributed by atoms with van der Waals surface area (Å²) in [5.74, 6) is 1.09. The molecule has 0 N–H and O–H groups in total. The zero-order valence-corrected chi connectivity index (χ0v) is 50.7. The van der Waals surface area contributed by atoms with Crippen LogP contribution in [0.4, 0.5) is 26.3 Å². The maximum atomic E-state index is 14.0. The van der Waals surface area contributed by atoms with Crippen molar-refractivity contribution in [3.63, 3.8) is 0 Å². The van der Waals surface area contributed by atoms with Crippen LogP contribution in [0.2, 0.25) is 0 Å². The van der Waals surface area contributed by atoms with Crippen molar-refractivity contribution >= 4 is 55.1 Å². The molecule has 0 radical (unpaired) electrons. The second-order valence-corrected chi connectivity index (χ2v) is 27.8. The fraction of sp³-hybridized carbons (Fsp3) is 0.412. The molecule has 8 aromatic rings. The van der Waals surface area contributed by atoms with Crippen molar-refractivity contribution in [2.45, 2.75) is 147 Å². The summed E-state index contributed by atoms with van der Waals surface area (Å²) in [5, 5.41) is 11.9. The minimum absolute atomic E-state index is 0.0640. The SMILES string of the molecule is COC(=O)c1ccc2cc(S(=O)(=O)C3C4CCC3CC(OCc3c(-c5ccccc5OC(F)(F)F)noc3C3CC3)C4)ccc2c1.COC(=O)c1ccc2cc(SC3C4CCC3CC(OCc3c(-c5ccccc5OC(F)(F)F)noc3C3CC3)C4)ccc2c1. The summed E-state index contributed by atoms with van der Waals surface area (Å²) in [5.41, 5.74) is 3.29. The maximum Gasteiger partial charge on any atom is 0.573 e. The van der Waals surface area contributed by atoms with Crippen LogP contribution in [-0.2, 0) is 42.0 Å². The molecule has 6 fully saturated rings. The highest BCUT2D eigenvalue weighted by molar-refractivity contribution is 8.00. The van der Waals surface area contributed by atoms with Crippen molar-refractivity contribution in [2.75, 3.05) is 14.2 Å². The Bertz CT molecular complexity index is 4080. The number of hydrogen-bond acceptors (Lipinski definition) is 15. The van der Waals surface area contributed by atoms with Gasteiger partial charge in [-0.05, 0) is 195 Å². The number of fused-ring (bicyclic) bond motifs is 6. The molecule has 90 heavy (non-hydrogen) atoms. The van der Waals surface area contributed by atoms with E-state index >= 15 is 0 Å². The fourth-order valence-corrected chi connectivity index (χ4v) is 18.0. The minimum atomic E-state index is -4.87. The van der Waals surface area contributed by atoms with E-state index in [1.807, 2.05) is 23.9 Å². The van der Waals surface area contributed by atoms with Gasteiger partial charge in [0.1, 0.15) is 34.4 Å². The number of ether oxygens (including phenoxy) is 6. The van der Waals surface area contributed by atoms with Crippen LogP contribution >= 0.6 is 11.8 Å². The molecule has 0 spiro atoms. The van der Waals surface area contributed by atoms with Crippen molar-refractivity contribution < 1.29 is 81.8 Å². The lowest BCUT2D eigenvalue weighted by Gasteiger charge is -2.35. The van der Waals surface area contributed by atoms with Gasteiger partial charge < -0.3 is 37.5 Å². The second-order valence-electron chi connectivity index (χ2n) is 24.4. The summed E-state index contributed by atoms with van der Waals surface area (Å²) in [6, 6.07) is 33.9. The van der Waals surface area contributed by atoms with E-state index in [0.717, 1.165) is 91.3 Å². The number of methoxy groups -OCH3 is 2. The van der Waals surface area contributed by atoms with Crippen molar-refractivity contribution in [3.8, 4) is 34.0 Å². The molecule has 4 bridgehead atoms. The molecule has 6 aromatic carbocycles. The smallest absolute Gasteiger partial charge is 0.465 e. The number of thioether (sulfide) groups is 1. The number of halogens is 6. The molecule has 0 saturated heterocycles. The number of aromatic nitrogens is 2. The van der Waals surface area contributed by atoms with Gasteiger partial charge in [0.15, 0.2) is 9.84 Å². The second kappa shape index (κ2) is 25.0. The number of para-hydroxylation sites is 2. The summed E-state index contributed by atoms with van der Waals surface area (Å²) in [6.45, 7) is 0.329. The summed E-state index contributed by atoms with van der Waals surface area (Å²) >= 11 is 1.93. The van der Waals surface area contributed by atoms with E-state index in [1.54, 1.807) is 60.7 Å². The van der Waals surface area contributed by atoms with E-state index in [9.17, 15) is 44.3 Å². The third kappa shape index (κ3) is 13.2. The van der Waals surface area contributed by atoms with Gasteiger partial charge in [0.25, 0.3) is 0 Å². The fourth-order valence-electron chi connectivity index (χ4n) is 14.1. The molecule has 6 saturated carbocycles. The Labute approximate surface area is 519 Å². The molecule has 22 heteroatoms. The quantitative estimate of drug-likeness (QED) is 0.0585. The highest BCUT2D eigenvalue weighted by Crippen LogP contribution is 2.54. The number of nitrogens with zero attached hydrogens (tertiary/aromatic N) is 2. The highest BCUT2D eigenvalue weighted by Gasteiger charge is 2.51. The number of sulfone groups is 1. The molecule has 0 aliphatic heterocycles. The Balaban J connectivity index is 0.000000165. The van der Waals surface area contributed by atoms with Gasteiger partial charge in [0.2, 0.25) is 0 Å². The maximum absolute atomic E-state index is 14.0. The number of carbonyl (C=O) groups is 2. The number of carbonyl (C=O) groups excluding carboxylic acids is 2. The van der Waals surface area contributed by atoms with E-state index in [4.69, 9.17) is 28.0 Å². The van der Waals surface area contributed by atoms with Crippen LogP contribution in [0.3, 0.4) is 0 Å². The molecule has 2 aromatic heterocycles. The lowest BCUT2D eigenvalue weighted by atomic mass is 9.86. The molecule has 6 aliphatic carbocycles. The van der Waals surface area contributed by atoms with Crippen LogP contribution in [-0.4, -0.2) is 80.3 Å². The minimum Gasteiger partial charge on any atom is -0.465 e. The van der Waals surface area contributed by atoms with Gasteiger partial charge >= 0.3 is 24.7 Å². The molecule has 4 atom stereocenters. The summed E-state index contributed by atoms with van der Waals surface area (Å²) < 4.78 is 149. The van der Waals surface area contributed by atoms with Gasteiger partial charge in [0, 0.05) is 44.2 Å². The first-order chi connectivity index (χ1) is 43.3. The molecule has 0 amide bonds. The largest absolute Gasteiger partial charge is 0.573 e. The van der Waals surface area contributed by atoms with Gasteiger partial charge in [-0.1, -0.05) is 58.8 Å². The normalized spacial score (nSPS) is 23.1. The highest BCUT2D eigenvalue weighted by atomic mass is 32.2. The number of hydrogen-bond donors (Lipinski definition) is 0. The van der Waals surface area contributed by atoms with E-state index in [1.165, 1.54) is 49.4 Å². The predicted molar refractivity (Wildman–Crippen MR) is 320 cm³/mol. The number of alkyl halides is 6. The van der Waals surface area contributed by atoms with Crippen molar-refractivity contribution in [1.29, 1.82) is 0 Å². The number of benzene rings is 6. The monoisotopic (exact) mass is 1280 g/mol. The average molecular weight is 1280 g/mol. The van der Waals surface area contributed by atoms with Crippen LogP contribution in [0.15, 0.2) is 140 Å². The van der Waals surface area contributed by atoms with Crippen LogP contribution in [0.1, 0.15) is 132 Å². The number of esters is 2. The molecular formula is C68H64F6N2O12S2. The van der Waals surface area contributed by atoms with Crippen LogP contribution < -0.4 is 9.47 Å². The van der Waals surface area contributed by atoms with Crippen molar-refractivity contribution in [1.82, 2.24) is 10.3 Å². The van der Waals surface area contributed by atoms with E-state index in [-0.39, 0.29) is 88.3 Å². The molecule has 14 nitrogen and oxygen atoms in total. The Morgan fingerprint density at radius 2 is 0.956 bits per heavy atom. The Kier molecular flexibility index (Phi) is 17.1. The van der Waals surface area contributed by atoms with Crippen molar-refractivity contribution in [2.24, 2.45) is 23.7 Å². The zero-order chi connectivity index (χ0) is 62.6. The zero-order valence-electron chi connectivity index (χ0n) is 49.1. The predicted octanol–water partition coefficient (Wildman–Crippen LogP) is 16.5. The molecule has 2 heterocycles. The van der Waals surface area contributed by atoms with Crippen molar-refractivity contribution in [3.05, 3.63) is 155 Å². The Morgan fingerprint density at radius 3 is 1.42 bits per heavy atom. The molecule has 6 aliphatic rings. The van der Waals surface area contributed by atoms with Gasteiger partial charge in [-0.2, -0.15) is 0 Å². The summed E-state index contributed by atoms with van der Waals surface area (Å²) in [6.07, 6.45) is 0.779. The summed E-state index contributed by atoms with van der Waals surface area (Å²) in [7, 11) is -0.958. The Hall–Kier alpha value is -7.40. The van der Waals surface area contributed by atoms with Gasteiger partial charge in [-0.15, -0.1) is 38.1 Å². The van der Waals surface area contributed by atoms with E-state index in [2.05, 4.69) is 38.0 Å². The van der Waals surface area contributed by atoms with Gasteiger partial charge in [0.05, 0.1) is 60.9 Å². The van der Waals surface area contributed by atoms with Gasteiger partial charge in [-0.3, -0.25) is 0 Å².